The Hall–Kier alpha value is -2.29. The van der Waals surface area contributed by atoms with Crippen molar-refractivity contribution in [1.29, 1.82) is 0 Å². The van der Waals surface area contributed by atoms with E-state index in [2.05, 4.69) is 74.6 Å². The fourth-order valence-corrected chi connectivity index (χ4v) is 6.38. The number of phosphoric ester groups is 1. The number of nitrogens with two attached hydrogens (primary N) is 1. The molecule has 1 unspecified atom stereocenters. The van der Waals surface area contributed by atoms with Gasteiger partial charge >= 0.3 is 19.8 Å². The molecular formula is C45H80NO8P. The van der Waals surface area contributed by atoms with Gasteiger partial charge in [-0.25, -0.2) is 4.57 Å². The number of carbonyl (C=O) groups is 2. The second-order valence-electron chi connectivity index (χ2n) is 14.2. The summed E-state index contributed by atoms with van der Waals surface area (Å²) >= 11 is 0. The molecule has 3 N–H and O–H groups in total. The fourth-order valence-electron chi connectivity index (χ4n) is 5.61. The lowest BCUT2D eigenvalue weighted by molar-refractivity contribution is -0.161. The molecule has 0 radical (unpaired) electrons. The predicted molar refractivity (Wildman–Crippen MR) is 229 cm³/mol. The van der Waals surface area contributed by atoms with Crippen molar-refractivity contribution in [3.8, 4) is 0 Å². The highest BCUT2D eigenvalue weighted by Gasteiger charge is 2.26. The first-order valence-electron chi connectivity index (χ1n) is 21.8. The lowest BCUT2D eigenvalue weighted by Gasteiger charge is -2.19. The van der Waals surface area contributed by atoms with Crippen molar-refractivity contribution in [1.82, 2.24) is 0 Å². The largest absolute Gasteiger partial charge is 0.472 e. The third-order valence-corrected chi connectivity index (χ3v) is 9.86. The molecule has 0 aromatic rings. The lowest BCUT2D eigenvalue weighted by atomic mass is 10.1. The minimum Gasteiger partial charge on any atom is -0.462 e. The number of ether oxygens (including phenoxy) is 2. The molecule has 318 valence electrons. The van der Waals surface area contributed by atoms with Crippen LogP contribution in [-0.4, -0.2) is 49.3 Å². The average molecular weight is 794 g/mol. The molecule has 0 saturated heterocycles. The summed E-state index contributed by atoms with van der Waals surface area (Å²) in [5.74, 6) is -0.866. The van der Waals surface area contributed by atoms with Crippen LogP contribution in [0.4, 0.5) is 0 Å². The Bertz CT molecular complexity index is 1090. The summed E-state index contributed by atoms with van der Waals surface area (Å²) in [5, 5.41) is 0. The van der Waals surface area contributed by atoms with Gasteiger partial charge in [0.25, 0.3) is 0 Å². The van der Waals surface area contributed by atoms with Crippen molar-refractivity contribution in [2.45, 2.75) is 187 Å². The summed E-state index contributed by atoms with van der Waals surface area (Å²) in [4.78, 5) is 34.9. The maximum atomic E-state index is 12.6. The normalized spacial score (nSPS) is 13.9. The van der Waals surface area contributed by atoms with Gasteiger partial charge in [-0.1, -0.05) is 145 Å². The van der Waals surface area contributed by atoms with Crippen LogP contribution in [0.1, 0.15) is 181 Å². The number of phosphoric acid groups is 1. The van der Waals surface area contributed by atoms with Gasteiger partial charge in [-0.3, -0.25) is 18.6 Å². The number of hydrogen-bond donors (Lipinski definition) is 2. The molecule has 0 heterocycles. The molecule has 0 fully saturated rings. The molecule has 0 aliphatic rings. The van der Waals surface area contributed by atoms with E-state index in [-0.39, 0.29) is 32.6 Å². The van der Waals surface area contributed by atoms with Crippen molar-refractivity contribution in [3.05, 3.63) is 60.8 Å². The van der Waals surface area contributed by atoms with Gasteiger partial charge in [-0.05, 0) is 83.5 Å². The monoisotopic (exact) mass is 794 g/mol. The number of esters is 2. The van der Waals surface area contributed by atoms with Crippen LogP contribution in [-0.2, 0) is 32.7 Å². The number of rotatable bonds is 40. The van der Waals surface area contributed by atoms with Gasteiger partial charge in [0.15, 0.2) is 6.10 Å². The summed E-state index contributed by atoms with van der Waals surface area (Å²) in [5.41, 5.74) is 5.34. The highest BCUT2D eigenvalue weighted by atomic mass is 31.2. The number of unbranched alkanes of at least 4 members (excludes halogenated alkanes) is 17. The molecule has 0 bridgehead atoms. The minimum atomic E-state index is -4.39. The quantitative estimate of drug-likeness (QED) is 0.0269. The zero-order valence-electron chi connectivity index (χ0n) is 34.9. The molecule has 10 heteroatoms. The highest BCUT2D eigenvalue weighted by molar-refractivity contribution is 7.47. The maximum Gasteiger partial charge on any atom is 0.472 e. The third-order valence-electron chi connectivity index (χ3n) is 8.88. The van der Waals surface area contributed by atoms with Crippen LogP contribution in [0.15, 0.2) is 60.8 Å². The summed E-state index contributed by atoms with van der Waals surface area (Å²) in [7, 11) is -4.39. The Balaban J connectivity index is 4.22. The van der Waals surface area contributed by atoms with Crippen LogP contribution in [0.2, 0.25) is 0 Å². The van der Waals surface area contributed by atoms with E-state index in [0.717, 1.165) is 77.0 Å². The van der Waals surface area contributed by atoms with Crippen LogP contribution in [0.3, 0.4) is 0 Å². The van der Waals surface area contributed by atoms with Crippen LogP contribution in [0.5, 0.6) is 0 Å². The third kappa shape index (κ3) is 41.2. The number of hydrogen-bond acceptors (Lipinski definition) is 8. The fraction of sp³-hybridized carbons (Fsp3) is 0.733. The SMILES string of the molecule is CCCCC/C=C\C/C=C\C/C=C\CCCCCCC(=O)O[C@H](COC(=O)CCCCCCCCC/C=C\C/C=C\CCCCC)COP(=O)(O)OCCN. The van der Waals surface area contributed by atoms with Crippen molar-refractivity contribution in [3.63, 3.8) is 0 Å². The van der Waals surface area contributed by atoms with Gasteiger partial charge in [-0.2, -0.15) is 0 Å². The van der Waals surface area contributed by atoms with Gasteiger partial charge in [0.1, 0.15) is 6.61 Å². The van der Waals surface area contributed by atoms with E-state index in [4.69, 9.17) is 24.3 Å². The molecule has 55 heavy (non-hydrogen) atoms. The molecule has 0 amide bonds. The molecule has 2 atom stereocenters. The highest BCUT2D eigenvalue weighted by Crippen LogP contribution is 2.43. The van der Waals surface area contributed by atoms with Gasteiger partial charge in [0, 0.05) is 19.4 Å². The molecule has 0 saturated carbocycles. The Morgan fingerprint density at radius 1 is 0.545 bits per heavy atom. The molecule has 0 aromatic heterocycles. The topological polar surface area (TPSA) is 134 Å². The summed E-state index contributed by atoms with van der Waals surface area (Å²) in [6, 6.07) is 0. The van der Waals surface area contributed by atoms with E-state index < -0.39 is 32.5 Å². The smallest absolute Gasteiger partial charge is 0.462 e. The van der Waals surface area contributed by atoms with Crippen LogP contribution < -0.4 is 5.73 Å². The second kappa shape index (κ2) is 41.3. The average Bonchev–Trinajstić information content (AvgIpc) is 3.17. The van der Waals surface area contributed by atoms with Crippen molar-refractivity contribution < 1.29 is 37.6 Å². The van der Waals surface area contributed by atoms with Crippen molar-refractivity contribution >= 4 is 19.8 Å². The van der Waals surface area contributed by atoms with Gasteiger partial charge in [0.2, 0.25) is 0 Å². The Labute approximate surface area is 336 Å². The van der Waals surface area contributed by atoms with Gasteiger partial charge in [-0.15, -0.1) is 0 Å². The van der Waals surface area contributed by atoms with Gasteiger partial charge < -0.3 is 20.1 Å². The van der Waals surface area contributed by atoms with Crippen molar-refractivity contribution in [2.75, 3.05) is 26.4 Å². The van der Waals surface area contributed by atoms with Gasteiger partial charge in [0.05, 0.1) is 13.2 Å². The lowest BCUT2D eigenvalue weighted by Crippen LogP contribution is -2.29. The zero-order valence-corrected chi connectivity index (χ0v) is 35.8. The minimum absolute atomic E-state index is 0.0457. The standard InChI is InChI=1S/C45H80NO8P/c1-3-5-7-9-11-13-15-17-19-21-23-25-27-29-31-33-35-37-44(47)51-41-43(42-53-55(49,50)52-40-39-46)54-45(48)38-36-34-32-30-28-26-24-22-20-18-16-14-12-10-8-6-4-2/h11-14,17-20,24,26,43H,3-10,15-16,21-23,25,27-42,46H2,1-2H3,(H,49,50)/b13-11-,14-12-,19-17-,20-18-,26-24-/t43-/m1/s1. The van der Waals surface area contributed by atoms with E-state index in [9.17, 15) is 19.0 Å². The Kier molecular flexibility index (Phi) is 39.6. The first kappa shape index (κ1) is 52.7. The van der Waals surface area contributed by atoms with E-state index in [1.165, 1.54) is 70.6 Å². The van der Waals surface area contributed by atoms with E-state index in [1.807, 2.05) is 0 Å². The van der Waals surface area contributed by atoms with Crippen LogP contribution >= 0.6 is 7.82 Å². The molecular weight excluding hydrogens is 713 g/mol. The Morgan fingerprint density at radius 3 is 1.40 bits per heavy atom. The van der Waals surface area contributed by atoms with E-state index in [1.54, 1.807) is 0 Å². The maximum absolute atomic E-state index is 12.6. The van der Waals surface area contributed by atoms with E-state index in [0.29, 0.717) is 6.42 Å². The second-order valence-corrected chi connectivity index (χ2v) is 15.7. The molecule has 0 aliphatic carbocycles. The van der Waals surface area contributed by atoms with E-state index >= 15 is 0 Å². The molecule has 0 aliphatic heterocycles. The number of carbonyl (C=O) groups excluding carboxylic acids is 2. The Morgan fingerprint density at radius 2 is 0.945 bits per heavy atom. The molecule has 0 rings (SSSR count). The predicted octanol–water partition coefficient (Wildman–Crippen LogP) is 12.5. The summed E-state index contributed by atoms with van der Waals surface area (Å²) < 4.78 is 32.8. The molecule has 9 nitrogen and oxygen atoms in total. The first-order valence-corrected chi connectivity index (χ1v) is 23.3. The number of allylic oxidation sites excluding steroid dienone is 10. The van der Waals surface area contributed by atoms with Crippen LogP contribution in [0.25, 0.3) is 0 Å². The first-order chi connectivity index (χ1) is 26.8. The summed E-state index contributed by atoms with van der Waals surface area (Å²) in [6.45, 7) is 3.63. The molecule has 0 aromatic carbocycles. The zero-order chi connectivity index (χ0) is 40.3. The summed E-state index contributed by atoms with van der Waals surface area (Å²) in [6.07, 6.45) is 48.1. The van der Waals surface area contributed by atoms with Crippen molar-refractivity contribution in [2.24, 2.45) is 5.73 Å². The van der Waals surface area contributed by atoms with Crippen LogP contribution in [0, 0.1) is 0 Å². The molecule has 0 spiro atoms.